The maximum absolute atomic E-state index is 10.8. The van der Waals surface area contributed by atoms with E-state index in [9.17, 15) is 8.42 Å². The lowest BCUT2D eigenvalue weighted by molar-refractivity contribution is 0.175. The van der Waals surface area contributed by atoms with E-state index in [1.165, 1.54) is 6.26 Å². The van der Waals surface area contributed by atoms with Gasteiger partial charge in [-0.15, -0.1) is 6.58 Å². The summed E-state index contributed by atoms with van der Waals surface area (Å²) in [5.41, 5.74) is -0.343. The van der Waals surface area contributed by atoms with E-state index in [0.717, 1.165) is 0 Å². The van der Waals surface area contributed by atoms with E-state index in [1.54, 1.807) is 6.08 Å². The van der Waals surface area contributed by atoms with Crippen molar-refractivity contribution in [1.29, 1.82) is 0 Å². The van der Waals surface area contributed by atoms with Crippen LogP contribution in [0.4, 0.5) is 0 Å². The number of aliphatic hydroxyl groups is 1. The Morgan fingerprint density at radius 2 is 2.08 bits per heavy atom. The second-order valence-corrected chi connectivity index (χ2v) is 6.01. The van der Waals surface area contributed by atoms with Gasteiger partial charge in [0.1, 0.15) is 9.84 Å². The predicted molar refractivity (Wildman–Crippen MR) is 54.3 cm³/mol. The molecule has 0 rings (SSSR count). The number of hydrogen-bond donors (Lipinski definition) is 1. The Balaban J connectivity index is 3.95. The van der Waals surface area contributed by atoms with Gasteiger partial charge in [-0.25, -0.2) is 8.42 Å². The molecule has 1 unspecified atom stereocenters. The summed E-state index contributed by atoms with van der Waals surface area (Å²) in [5, 5.41) is 8.99. The van der Waals surface area contributed by atoms with Crippen molar-refractivity contribution in [1.82, 2.24) is 0 Å². The van der Waals surface area contributed by atoms with Crippen LogP contribution in [0.1, 0.15) is 19.8 Å². The smallest absolute Gasteiger partial charge is 0.147 e. The van der Waals surface area contributed by atoms with Crippen molar-refractivity contribution in [2.75, 3.05) is 18.6 Å². The molecule has 4 heteroatoms. The molecule has 0 aliphatic rings. The van der Waals surface area contributed by atoms with E-state index in [1.807, 2.05) is 6.92 Å². The average Bonchev–Trinajstić information content (AvgIpc) is 2.02. The number of hydrogen-bond acceptors (Lipinski definition) is 3. The lowest BCUT2D eigenvalue weighted by atomic mass is 9.87. The summed E-state index contributed by atoms with van der Waals surface area (Å²) in [7, 11) is -2.88. The summed E-state index contributed by atoms with van der Waals surface area (Å²) in [5.74, 6) is 0.177. The van der Waals surface area contributed by atoms with Crippen molar-refractivity contribution >= 4 is 9.84 Å². The van der Waals surface area contributed by atoms with Crippen LogP contribution >= 0.6 is 0 Å². The van der Waals surface area contributed by atoms with Gasteiger partial charge in [-0.05, 0) is 12.8 Å². The third kappa shape index (κ3) is 5.82. The molecule has 0 heterocycles. The fraction of sp³-hybridized carbons (Fsp3) is 0.778. The van der Waals surface area contributed by atoms with Gasteiger partial charge >= 0.3 is 0 Å². The molecule has 0 aliphatic heterocycles. The average molecular weight is 206 g/mol. The Kier molecular flexibility index (Phi) is 4.64. The highest BCUT2D eigenvalue weighted by Crippen LogP contribution is 2.23. The number of rotatable bonds is 6. The van der Waals surface area contributed by atoms with Gasteiger partial charge in [0.15, 0.2) is 0 Å². The first-order valence-electron chi connectivity index (χ1n) is 4.25. The first-order valence-corrected chi connectivity index (χ1v) is 6.31. The molecule has 0 aromatic rings. The Hall–Kier alpha value is -0.350. The SMILES string of the molecule is C=CC(C)(CO)CCCS(C)(=O)=O. The molecule has 1 N–H and O–H groups in total. The lowest BCUT2D eigenvalue weighted by Gasteiger charge is -2.22. The quantitative estimate of drug-likeness (QED) is 0.659. The summed E-state index contributed by atoms with van der Waals surface area (Å²) in [6.07, 6.45) is 4.12. The summed E-state index contributed by atoms with van der Waals surface area (Å²) >= 11 is 0. The van der Waals surface area contributed by atoms with E-state index in [2.05, 4.69) is 6.58 Å². The van der Waals surface area contributed by atoms with Crippen molar-refractivity contribution in [2.45, 2.75) is 19.8 Å². The van der Waals surface area contributed by atoms with Crippen LogP contribution in [0.3, 0.4) is 0 Å². The zero-order chi connectivity index (χ0) is 10.5. The normalized spacial score (nSPS) is 16.5. The Morgan fingerprint density at radius 3 is 2.38 bits per heavy atom. The second kappa shape index (κ2) is 4.77. The second-order valence-electron chi connectivity index (χ2n) is 3.75. The minimum absolute atomic E-state index is 0.0141. The summed E-state index contributed by atoms with van der Waals surface area (Å²) in [4.78, 5) is 0. The van der Waals surface area contributed by atoms with Gasteiger partial charge in [0.25, 0.3) is 0 Å². The maximum Gasteiger partial charge on any atom is 0.147 e. The minimum Gasteiger partial charge on any atom is -0.395 e. The summed E-state index contributed by atoms with van der Waals surface area (Å²) in [6, 6.07) is 0. The molecule has 0 radical (unpaired) electrons. The van der Waals surface area contributed by atoms with Crippen LogP contribution in [0, 0.1) is 5.41 Å². The van der Waals surface area contributed by atoms with Crippen LogP contribution in [0.2, 0.25) is 0 Å². The van der Waals surface area contributed by atoms with Gasteiger partial charge < -0.3 is 5.11 Å². The van der Waals surface area contributed by atoms with E-state index in [4.69, 9.17) is 5.11 Å². The highest BCUT2D eigenvalue weighted by molar-refractivity contribution is 7.90. The predicted octanol–water partition coefficient (Wildman–Crippen LogP) is 0.996. The van der Waals surface area contributed by atoms with Crippen molar-refractivity contribution in [3.63, 3.8) is 0 Å². The largest absolute Gasteiger partial charge is 0.395 e. The number of sulfone groups is 1. The topological polar surface area (TPSA) is 54.4 Å². The molecular formula is C9H18O3S. The minimum atomic E-state index is -2.88. The Labute approximate surface area is 80.4 Å². The van der Waals surface area contributed by atoms with Crippen molar-refractivity contribution < 1.29 is 13.5 Å². The highest BCUT2D eigenvalue weighted by atomic mass is 32.2. The van der Waals surface area contributed by atoms with Crippen LogP contribution in [-0.2, 0) is 9.84 Å². The lowest BCUT2D eigenvalue weighted by Crippen LogP contribution is -2.19. The molecule has 0 aliphatic carbocycles. The highest BCUT2D eigenvalue weighted by Gasteiger charge is 2.19. The van der Waals surface area contributed by atoms with Gasteiger partial charge in [-0.2, -0.15) is 0 Å². The number of aliphatic hydroxyl groups excluding tert-OH is 1. The molecule has 0 fully saturated rings. The Bertz CT molecular complexity index is 256. The summed E-state index contributed by atoms with van der Waals surface area (Å²) < 4.78 is 21.6. The van der Waals surface area contributed by atoms with E-state index in [0.29, 0.717) is 12.8 Å². The molecule has 1 atom stereocenters. The molecule has 0 aromatic carbocycles. The van der Waals surface area contributed by atoms with Gasteiger partial charge in [0, 0.05) is 17.4 Å². The van der Waals surface area contributed by atoms with Gasteiger partial charge in [-0.1, -0.05) is 13.0 Å². The van der Waals surface area contributed by atoms with Crippen molar-refractivity contribution in [2.24, 2.45) is 5.41 Å². The molecular weight excluding hydrogens is 188 g/mol. The third-order valence-electron chi connectivity index (χ3n) is 2.12. The summed E-state index contributed by atoms with van der Waals surface area (Å²) in [6.45, 7) is 5.49. The fourth-order valence-corrected chi connectivity index (χ4v) is 1.65. The molecule has 78 valence electrons. The molecule has 0 saturated heterocycles. The Morgan fingerprint density at radius 1 is 1.54 bits per heavy atom. The van der Waals surface area contributed by atoms with Gasteiger partial charge in [0.2, 0.25) is 0 Å². The van der Waals surface area contributed by atoms with Crippen LogP contribution in [0.25, 0.3) is 0 Å². The van der Waals surface area contributed by atoms with Gasteiger partial charge in [-0.3, -0.25) is 0 Å². The third-order valence-corrected chi connectivity index (χ3v) is 3.15. The zero-order valence-corrected chi connectivity index (χ0v) is 9.10. The standard InChI is InChI=1S/C9H18O3S/c1-4-9(2,8-10)6-5-7-13(3,11)12/h4,10H,1,5-8H2,2-3H3. The molecule has 0 bridgehead atoms. The molecule has 3 nitrogen and oxygen atoms in total. The molecule has 13 heavy (non-hydrogen) atoms. The van der Waals surface area contributed by atoms with Crippen LogP contribution in [0.5, 0.6) is 0 Å². The molecule has 0 aromatic heterocycles. The van der Waals surface area contributed by atoms with E-state index in [-0.39, 0.29) is 17.8 Å². The van der Waals surface area contributed by atoms with E-state index >= 15 is 0 Å². The fourth-order valence-electron chi connectivity index (χ4n) is 0.984. The maximum atomic E-state index is 10.8. The van der Waals surface area contributed by atoms with Crippen LogP contribution < -0.4 is 0 Å². The first-order chi connectivity index (χ1) is 5.83. The monoisotopic (exact) mass is 206 g/mol. The van der Waals surface area contributed by atoms with Crippen LogP contribution in [0.15, 0.2) is 12.7 Å². The first kappa shape index (κ1) is 12.7. The van der Waals surface area contributed by atoms with Crippen molar-refractivity contribution in [3.8, 4) is 0 Å². The molecule has 0 saturated carbocycles. The van der Waals surface area contributed by atoms with Crippen LogP contribution in [-0.4, -0.2) is 32.1 Å². The van der Waals surface area contributed by atoms with Gasteiger partial charge in [0.05, 0.1) is 6.61 Å². The van der Waals surface area contributed by atoms with E-state index < -0.39 is 9.84 Å². The molecule has 0 spiro atoms. The molecule has 0 amide bonds. The van der Waals surface area contributed by atoms with Crippen molar-refractivity contribution in [3.05, 3.63) is 12.7 Å². The zero-order valence-electron chi connectivity index (χ0n) is 8.28.